The van der Waals surface area contributed by atoms with E-state index in [0.29, 0.717) is 10.9 Å². The number of rotatable bonds is 3. The van der Waals surface area contributed by atoms with Crippen molar-refractivity contribution in [2.75, 3.05) is 0 Å². The van der Waals surface area contributed by atoms with Crippen molar-refractivity contribution in [3.05, 3.63) is 39.7 Å². The summed E-state index contributed by atoms with van der Waals surface area (Å²) in [5, 5.41) is 0.688. The van der Waals surface area contributed by atoms with Crippen LogP contribution in [0.25, 0.3) is 11.0 Å². The molecule has 0 aliphatic carbocycles. The SMILES string of the molecule is CC(=O)OCc1c(OC(C)=O)ccc2c(C)cc(=O)oc12. The monoisotopic (exact) mass is 290 g/mol. The van der Waals surface area contributed by atoms with Gasteiger partial charge < -0.3 is 13.9 Å². The van der Waals surface area contributed by atoms with Gasteiger partial charge in [-0.15, -0.1) is 0 Å². The van der Waals surface area contributed by atoms with Crippen LogP contribution in [0.2, 0.25) is 0 Å². The van der Waals surface area contributed by atoms with Gasteiger partial charge in [-0.1, -0.05) is 0 Å². The molecule has 0 aliphatic heterocycles. The van der Waals surface area contributed by atoms with Crippen LogP contribution in [0.1, 0.15) is 25.0 Å². The average Bonchev–Trinajstić information content (AvgIpc) is 2.36. The fourth-order valence-electron chi connectivity index (χ4n) is 1.98. The summed E-state index contributed by atoms with van der Waals surface area (Å²) < 4.78 is 15.2. The second-order valence-corrected chi connectivity index (χ2v) is 4.54. The highest BCUT2D eigenvalue weighted by molar-refractivity contribution is 5.86. The van der Waals surface area contributed by atoms with E-state index in [1.165, 1.54) is 19.9 Å². The van der Waals surface area contributed by atoms with Gasteiger partial charge in [0.05, 0.1) is 5.56 Å². The zero-order valence-electron chi connectivity index (χ0n) is 11.9. The Morgan fingerprint density at radius 2 is 1.90 bits per heavy atom. The molecule has 0 saturated carbocycles. The lowest BCUT2D eigenvalue weighted by molar-refractivity contribution is -0.142. The smallest absolute Gasteiger partial charge is 0.336 e. The van der Waals surface area contributed by atoms with Crippen molar-refractivity contribution in [2.24, 2.45) is 0 Å². The summed E-state index contributed by atoms with van der Waals surface area (Å²) in [7, 11) is 0. The molecule has 1 heterocycles. The molecule has 1 aromatic carbocycles. The third-order valence-electron chi connectivity index (χ3n) is 2.85. The van der Waals surface area contributed by atoms with Crippen LogP contribution >= 0.6 is 0 Å². The molecule has 0 bridgehead atoms. The Bertz CT molecular complexity index is 772. The number of ether oxygens (including phenoxy) is 2. The van der Waals surface area contributed by atoms with E-state index in [4.69, 9.17) is 13.9 Å². The molecule has 0 fully saturated rings. The van der Waals surface area contributed by atoms with Crippen LogP contribution in [-0.4, -0.2) is 11.9 Å². The van der Waals surface area contributed by atoms with Crippen LogP contribution in [0.5, 0.6) is 5.75 Å². The molecular weight excluding hydrogens is 276 g/mol. The highest BCUT2D eigenvalue weighted by Gasteiger charge is 2.16. The van der Waals surface area contributed by atoms with Gasteiger partial charge in [-0.2, -0.15) is 0 Å². The molecule has 0 spiro atoms. The summed E-state index contributed by atoms with van der Waals surface area (Å²) in [4.78, 5) is 33.7. The average molecular weight is 290 g/mol. The zero-order chi connectivity index (χ0) is 15.6. The third-order valence-corrected chi connectivity index (χ3v) is 2.85. The Morgan fingerprint density at radius 3 is 2.52 bits per heavy atom. The van der Waals surface area contributed by atoms with Crippen molar-refractivity contribution >= 4 is 22.9 Å². The molecule has 0 N–H and O–H groups in total. The summed E-state index contributed by atoms with van der Waals surface area (Å²) in [6, 6.07) is 4.63. The maximum atomic E-state index is 11.5. The second-order valence-electron chi connectivity index (χ2n) is 4.54. The number of carbonyl (C=O) groups is 2. The molecule has 6 heteroatoms. The maximum absolute atomic E-state index is 11.5. The summed E-state index contributed by atoms with van der Waals surface area (Å²) >= 11 is 0. The van der Waals surface area contributed by atoms with Gasteiger partial charge in [-0.3, -0.25) is 9.59 Å². The Hall–Kier alpha value is -2.63. The Balaban J connectivity index is 2.67. The van der Waals surface area contributed by atoms with Gasteiger partial charge >= 0.3 is 17.6 Å². The van der Waals surface area contributed by atoms with Crippen molar-refractivity contribution in [1.29, 1.82) is 0 Å². The quantitative estimate of drug-likeness (QED) is 0.489. The molecule has 6 nitrogen and oxygen atoms in total. The largest absolute Gasteiger partial charge is 0.461 e. The number of fused-ring (bicyclic) bond motifs is 1. The van der Waals surface area contributed by atoms with Crippen LogP contribution < -0.4 is 10.4 Å². The second kappa shape index (κ2) is 5.78. The minimum atomic E-state index is -0.524. The third kappa shape index (κ3) is 3.28. The topological polar surface area (TPSA) is 82.8 Å². The van der Waals surface area contributed by atoms with Crippen LogP contribution in [0.4, 0.5) is 0 Å². The van der Waals surface area contributed by atoms with Gasteiger partial charge in [0.15, 0.2) is 0 Å². The minimum Gasteiger partial charge on any atom is -0.461 e. The van der Waals surface area contributed by atoms with E-state index in [2.05, 4.69) is 0 Å². The van der Waals surface area contributed by atoms with Crippen LogP contribution in [0, 0.1) is 6.92 Å². The van der Waals surface area contributed by atoms with E-state index in [-0.39, 0.29) is 17.9 Å². The maximum Gasteiger partial charge on any atom is 0.336 e. The molecular formula is C15H14O6. The van der Waals surface area contributed by atoms with Crippen molar-refractivity contribution in [3.63, 3.8) is 0 Å². The van der Waals surface area contributed by atoms with Crippen LogP contribution in [0.15, 0.2) is 27.4 Å². The first-order valence-electron chi connectivity index (χ1n) is 6.26. The van der Waals surface area contributed by atoms with Gasteiger partial charge in [0.1, 0.15) is 17.9 Å². The molecule has 110 valence electrons. The lowest BCUT2D eigenvalue weighted by atomic mass is 10.1. The first kappa shape index (κ1) is 14.8. The van der Waals surface area contributed by atoms with E-state index >= 15 is 0 Å². The molecule has 0 amide bonds. The normalized spacial score (nSPS) is 10.4. The summed E-state index contributed by atoms with van der Waals surface area (Å²) in [6.07, 6.45) is 0. The lowest BCUT2D eigenvalue weighted by Crippen LogP contribution is -2.08. The van der Waals surface area contributed by atoms with Crippen molar-refractivity contribution in [3.8, 4) is 5.75 Å². The zero-order valence-corrected chi connectivity index (χ0v) is 11.9. The Labute approximate surface area is 120 Å². The summed E-state index contributed by atoms with van der Waals surface area (Å²) in [5.74, 6) is -0.811. The summed E-state index contributed by atoms with van der Waals surface area (Å²) in [6.45, 7) is 4.13. The first-order valence-corrected chi connectivity index (χ1v) is 6.26. The number of hydrogen-bond acceptors (Lipinski definition) is 6. The molecule has 0 saturated heterocycles. The minimum absolute atomic E-state index is 0.151. The highest BCUT2D eigenvalue weighted by atomic mass is 16.5. The molecule has 0 atom stereocenters. The van der Waals surface area contributed by atoms with Gasteiger partial charge in [0, 0.05) is 25.3 Å². The van der Waals surface area contributed by atoms with E-state index < -0.39 is 17.6 Å². The molecule has 2 aromatic rings. The Kier molecular flexibility index (Phi) is 4.07. The molecule has 0 aliphatic rings. The van der Waals surface area contributed by atoms with Crippen molar-refractivity contribution in [1.82, 2.24) is 0 Å². The van der Waals surface area contributed by atoms with E-state index in [0.717, 1.165) is 5.56 Å². The highest BCUT2D eigenvalue weighted by Crippen LogP contribution is 2.30. The number of esters is 2. The number of hydrogen-bond donors (Lipinski definition) is 0. The summed E-state index contributed by atoms with van der Waals surface area (Å²) in [5.41, 5.74) is 0.794. The standard InChI is InChI=1S/C15H14O6/c1-8-6-14(18)21-15-11(8)4-5-13(20-10(3)17)12(15)7-19-9(2)16/h4-6H,7H2,1-3H3. The molecule has 21 heavy (non-hydrogen) atoms. The first-order chi connectivity index (χ1) is 9.88. The predicted octanol–water partition coefficient (Wildman–Crippen LogP) is 2.09. The van der Waals surface area contributed by atoms with Crippen LogP contribution in [0.3, 0.4) is 0 Å². The Morgan fingerprint density at radius 1 is 1.19 bits per heavy atom. The van der Waals surface area contributed by atoms with Gasteiger partial charge in [-0.05, 0) is 24.6 Å². The van der Waals surface area contributed by atoms with E-state index in [9.17, 15) is 14.4 Å². The van der Waals surface area contributed by atoms with Gasteiger partial charge in [-0.25, -0.2) is 4.79 Å². The molecule has 0 radical (unpaired) electrons. The number of carbonyl (C=O) groups excluding carboxylic acids is 2. The number of aryl methyl sites for hydroxylation is 1. The molecule has 1 aromatic heterocycles. The van der Waals surface area contributed by atoms with Crippen molar-refractivity contribution < 1.29 is 23.5 Å². The molecule has 0 unspecified atom stereocenters. The van der Waals surface area contributed by atoms with Gasteiger partial charge in [0.25, 0.3) is 0 Å². The van der Waals surface area contributed by atoms with E-state index in [1.807, 2.05) is 0 Å². The lowest BCUT2D eigenvalue weighted by Gasteiger charge is -2.12. The fraction of sp³-hybridized carbons (Fsp3) is 0.267. The molecule has 2 rings (SSSR count). The predicted molar refractivity (Wildman–Crippen MR) is 74.0 cm³/mol. The van der Waals surface area contributed by atoms with Crippen LogP contribution in [-0.2, 0) is 20.9 Å². The van der Waals surface area contributed by atoms with Gasteiger partial charge in [0.2, 0.25) is 0 Å². The number of benzene rings is 1. The van der Waals surface area contributed by atoms with Crippen molar-refractivity contribution in [2.45, 2.75) is 27.4 Å². The van der Waals surface area contributed by atoms with E-state index in [1.54, 1.807) is 19.1 Å². The fourth-order valence-corrected chi connectivity index (χ4v) is 1.98.